The van der Waals surface area contributed by atoms with Crippen LogP contribution in [0.25, 0.3) is 11.3 Å². The summed E-state index contributed by atoms with van der Waals surface area (Å²) >= 11 is 3.39. The summed E-state index contributed by atoms with van der Waals surface area (Å²) in [4.78, 5) is 11.1. The lowest BCUT2D eigenvalue weighted by molar-refractivity contribution is 0.100. The molecule has 0 unspecified atom stereocenters. The summed E-state index contributed by atoms with van der Waals surface area (Å²) in [5.41, 5.74) is 1.16. The van der Waals surface area contributed by atoms with Gasteiger partial charge in [-0.2, -0.15) is 0 Å². The Morgan fingerprint density at radius 2 is 2.18 bits per heavy atom. The molecule has 0 aliphatic carbocycles. The van der Waals surface area contributed by atoms with Gasteiger partial charge in [-0.15, -0.1) is 0 Å². The standard InChI is InChI=1S/C12H10BrNO3/c1-7(15)10-6-12(17-14-10)8-3-4-11(16-2)9(13)5-8/h3-6H,1-2H3. The van der Waals surface area contributed by atoms with Gasteiger partial charge in [0.05, 0.1) is 11.6 Å². The fourth-order valence-electron chi connectivity index (χ4n) is 1.40. The Kier molecular flexibility index (Phi) is 3.28. The van der Waals surface area contributed by atoms with E-state index in [4.69, 9.17) is 9.26 Å². The van der Waals surface area contributed by atoms with E-state index in [9.17, 15) is 4.79 Å². The molecule has 0 fully saturated rings. The van der Waals surface area contributed by atoms with Crippen molar-refractivity contribution < 1.29 is 14.1 Å². The van der Waals surface area contributed by atoms with Crippen LogP contribution in [0.15, 0.2) is 33.3 Å². The first-order valence-corrected chi connectivity index (χ1v) is 5.72. The number of aromatic nitrogens is 1. The van der Waals surface area contributed by atoms with Crippen LogP contribution >= 0.6 is 15.9 Å². The second kappa shape index (κ2) is 4.71. The van der Waals surface area contributed by atoms with Gasteiger partial charge < -0.3 is 9.26 Å². The summed E-state index contributed by atoms with van der Waals surface area (Å²) in [6, 6.07) is 7.13. The molecule has 0 saturated heterocycles. The number of ketones is 1. The minimum atomic E-state index is -0.118. The maximum absolute atomic E-state index is 11.1. The Hall–Kier alpha value is -1.62. The third kappa shape index (κ3) is 2.39. The maximum Gasteiger partial charge on any atom is 0.181 e. The summed E-state index contributed by atoms with van der Waals surface area (Å²) in [6.45, 7) is 1.45. The summed E-state index contributed by atoms with van der Waals surface area (Å²) < 4.78 is 11.1. The largest absolute Gasteiger partial charge is 0.496 e. The molecular formula is C12H10BrNO3. The number of hydrogen-bond donors (Lipinski definition) is 0. The number of carbonyl (C=O) groups excluding carboxylic acids is 1. The van der Waals surface area contributed by atoms with Crippen LogP contribution in [0.4, 0.5) is 0 Å². The molecule has 0 spiro atoms. The molecule has 0 saturated carbocycles. The maximum atomic E-state index is 11.1. The fourth-order valence-corrected chi connectivity index (χ4v) is 1.94. The van der Waals surface area contributed by atoms with E-state index in [1.165, 1.54) is 6.92 Å². The monoisotopic (exact) mass is 295 g/mol. The highest BCUT2D eigenvalue weighted by molar-refractivity contribution is 9.10. The number of benzene rings is 1. The van der Waals surface area contributed by atoms with E-state index in [1.807, 2.05) is 18.2 Å². The molecule has 1 aromatic heterocycles. The molecule has 5 heteroatoms. The highest BCUT2D eigenvalue weighted by atomic mass is 79.9. The smallest absolute Gasteiger partial charge is 0.181 e. The van der Waals surface area contributed by atoms with Crippen LogP contribution in [0.5, 0.6) is 5.75 Å². The predicted molar refractivity (Wildman–Crippen MR) is 66.2 cm³/mol. The fraction of sp³-hybridized carbons (Fsp3) is 0.167. The first-order chi connectivity index (χ1) is 8.11. The predicted octanol–water partition coefficient (Wildman–Crippen LogP) is 3.32. The molecule has 0 radical (unpaired) electrons. The van der Waals surface area contributed by atoms with Crippen LogP contribution in [0.1, 0.15) is 17.4 Å². The normalized spacial score (nSPS) is 10.3. The van der Waals surface area contributed by atoms with Gasteiger partial charge in [0.2, 0.25) is 0 Å². The van der Waals surface area contributed by atoms with E-state index < -0.39 is 0 Å². The van der Waals surface area contributed by atoms with Gasteiger partial charge in [0.1, 0.15) is 11.4 Å². The zero-order valence-corrected chi connectivity index (χ0v) is 10.9. The van der Waals surface area contributed by atoms with Crippen molar-refractivity contribution in [2.45, 2.75) is 6.92 Å². The van der Waals surface area contributed by atoms with Gasteiger partial charge in [0.15, 0.2) is 11.5 Å². The van der Waals surface area contributed by atoms with Gasteiger partial charge in [-0.3, -0.25) is 4.79 Å². The van der Waals surface area contributed by atoms with Gasteiger partial charge in [-0.25, -0.2) is 0 Å². The number of methoxy groups -OCH3 is 1. The van der Waals surface area contributed by atoms with Crippen LogP contribution in [-0.2, 0) is 0 Å². The molecule has 0 atom stereocenters. The summed E-state index contributed by atoms with van der Waals surface area (Å²) in [5, 5.41) is 3.69. The van der Waals surface area contributed by atoms with Crippen molar-refractivity contribution in [3.05, 3.63) is 34.4 Å². The lowest BCUT2D eigenvalue weighted by Crippen LogP contribution is -1.89. The Balaban J connectivity index is 2.39. The van der Waals surface area contributed by atoms with Gasteiger partial charge >= 0.3 is 0 Å². The van der Waals surface area contributed by atoms with Gasteiger partial charge in [0, 0.05) is 18.6 Å². The van der Waals surface area contributed by atoms with Crippen molar-refractivity contribution in [2.24, 2.45) is 0 Å². The molecule has 1 aromatic carbocycles. The van der Waals surface area contributed by atoms with Crippen LogP contribution in [-0.4, -0.2) is 18.0 Å². The number of halogens is 1. The molecule has 88 valence electrons. The quantitative estimate of drug-likeness (QED) is 0.815. The average Bonchev–Trinajstić information content (AvgIpc) is 2.78. The topological polar surface area (TPSA) is 52.3 Å². The first-order valence-electron chi connectivity index (χ1n) is 4.93. The average molecular weight is 296 g/mol. The molecule has 17 heavy (non-hydrogen) atoms. The number of rotatable bonds is 3. The van der Waals surface area contributed by atoms with E-state index >= 15 is 0 Å². The first kappa shape index (κ1) is 11.9. The number of ether oxygens (including phenoxy) is 1. The van der Waals surface area contributed by atoms with Crippen molar-refractivity contribution in [1.29, 1.82) is 0 Å². The molecule has 4 nitrogen and oxygen atoms in total. The van der Waals surface area contributed by atoms with E-state index in [2.05, 4.69) is 21.1 Å². The molecule has 0 bridgehead atoms. The Morgan fingerprint density at radius 3 is 2.71 bits per heavy atom. The highest BCUT2D eigenvalue weighted by Gasteiger charge is 2.11. The van der Waals surface area contributed by atoms with Gasteiger partial charge in [0.25, 0.3) is 0 Å². The van der Waals surface area contributed by atoms with Crippen molar-refractivity contribution in [2.75, 3.05) is 7.11 Å². The summed E-state index contributed by atoms with van der Waals surface area (Å²) in [5.74, 6) is 1.17. The van der Waals surface area contributed by atoms with Gasteiger partial charge in [-0.05, 0) is 34.1 Å². The molecule has 0 N–H and O–H groups in total. The third-order valence-electron chi connectivity index (χ3n) is 2.31. The molecular weight excluding hydrogens is 286 g/mol. The van der Waals surface area contributed by atoms with E-state index in [-0.39, 0.29) is 5.78 Å². The number of carbonyl (C=O) groups is 1. The van der Waals surface area contributed by atoms with Crippen LogP contribution in [0, 0.1) is 0 Å². The lowest BCUT2D eigenvalue weighted by atomic mass is 10.1. The molecule has 2 rings (SSSR count). The lowest BCUT2D eigenvalue weighted by Gasteiger charge is -2.03. The molecule has 0 aliphatic heterocycles. The van der Waals surface area contributed by atoms with Crippen LogP contribution < -0.4 is 4.74 Å². The molecule has 0 aliphatic rings. The minimum absolute atomic E-state index is 0.118. The number of Topliss-reactive ketones (excluding diaryl/α,β-unsaturated/α-hetero) is 1. The Morgan fingerprint density at radius 1 is 1.41 bits per heavy atom. The Labute approximate surface area is 107 Å². The van der Waals surface area contributed by atoms with Crippen molar-refractivity contribution in [3.8, 4) is 17.1 Å². The molecule has 1 heterocycles. The van der Waals surface area contributed by atoms with Crippen molar-refractivity contribution in [3.63, 3.8) is 0 Å². The molecule has 0 amide bonds. The second-order valence-electron chi connectivity index (χ2n) is 3.48. The van der Waals surface area contributed by atoms with Crippen LogP contribution in [0.3, 0.4) is 0 Å². The number of hydrogen-bond acceptors (Lipinski definition) is 4. The summed E-state index contributed by atoms with van der Waals surface area (Å²) in [7, 11) is 1.60. The third-order valence-corrected chi connectivity index (χ3v) is 2.93. The van der Waals surface area contributed by atoms with E-state index in [1.54, 1.807) is 13.2 Å². The highest BCUT2D eigenvalue weighted by Crippen LogP contribution is 2.30. The minimum Gasteiger partial charge on any atom is -0.496 e. The zero-order valence-electron chi connectivity index (χ0n) is 9.36. The molecule has 2 aromatic rings. The Bertz CT molecular complexity index is 563. The van der Waals surface area contributed by atoms with E-state index in [0.717, 1.165) is 15.8 Å². The number of nitrogens with zero attached hydrogens (tertiary/aromatic N) is 1. The van der Waals surface area contributed by atoms with Crippen LogP contribution in [0.2, 0.25) is 0 Å². The summed E-state index contributed by atoms with van der Waals surface area (Å²) in [6.07, 6.45) is 0. The van der Waals surface area contributed by atoms with E-state index in [0.29, 0.717) is 11.5 Å². The van der Waals surface area contributed by atoms with Gasteiger partial charge in [-0.1, -0.05) is 5.16 Å². The second-order valence-corrected chi connectivity index (χ2v) is 4.34. The van der Waals surface area contributed by atoms with Crippen molar-refractivity contribution in [1.82, 2.24) is 5.16 Å². The van der Waals surface area contributed by atoms with Crippen molar-refractivity contribution >= 4 is 21.7 Å². The zero-order chi connectivity index (χ0) is 12.4. The SMILES string of the molecule is COc1ccc(-c2cc(C(C)=O)no2)cc1Br.